The summed E-state index contributed by atoms with van der Waals surface area (Å²) in [4.78, 5) is 0. The van der Waals surface area contributed by atoms with Crippen LogP contribution in [0.2, 0.25) is 10.0 Å². The zero-order chi connectivity index (χ0) is 14.1. The van der Waals surface area contributed by atoms with Crippen LogP contribution in [0.5, 0.6) is 0 Å². The van der Waals surface area contributed by atoms with Crippen molar-refractivity contribution in [2.75, 3.05) is 6.54 Å². The van der Waals surface area contributed by atoms with E-state index < -0.39 is 0 Å². The molecule has 1 aliphatic carbocycles. The monoisotopic (exact) mass is 299 g/mol. The Kier molecular flexibility index (Phi) is 4.49. The van der Waals surface area contributed by atoms with E-state index in [1.807, 2.05) is 18.2 Å². The van der Waals surface area contributed by atoms with Crippen molar-refractivity contribution >= 4 is 23.2 Å². The lowest BCUT2D eigenvalue weighted by Crippen LogP contribution is -2.39. The average Bonchev–Trinajstić information content (AvgIpc) is 2.36. The smallest absolute Gasteiger partial charge is 0.0453 e. The zero-order valence-electron chi connectivity index (χ0n) is 11.8. The predicted molar refractivity (Wildman–Crippen MR) is 83.9 cm³/mol. The van der Waals surface area contributed by atoms with Gasteiger partial charge in [0.25, 0.3) is 0 Å². The molecule has 0 radical (unpaired) electrons. The summed E-state index contributed by atoms with van der Waals surface area (Å²) in [6, 6.07) is 5.79. The number of hydrogen-bond donors (Lipinski definition) is 1. The molecule has 2 N–H and O–H groups in total. The molecule has 0 unspecified atom stereocenters. The first-order valence-electron chi connectivity index (χ1n) is 7.00. The Hall–Kier alpha value is -0.240. The van der Waals surface area contributed by atoms with Gasteiger partial charge in [0.1, 0.15) is 0 Å². The minimum atomic E-state index is 0.215. The van der Waals surface area contributed by atoms with E-state index in [4.69, 9.17) is 28.9 Å². The molecule has 0 bridgehead atoms. The van der Waals surface area contributed by atoms with Crippen molar-refractivity contribution in [3.05, 3.63) is 33.8 Å². The summed E-state index contributed by atoms with van der Waals surface area (Å²) in [6.07, 6.45) is 5.84. The Morgan fingerprint density at radius 1 is 1.11 bits per heavy atom. The van der Waals surface area contributed by atoms with Crippen LogP contribution in [0.15, 0.2) is 18.2 Å². The van der Waals surface area contributed by atoms with Gasteiger partial charge in [-0.3, -0.25) is 0 Å². The second-order valence-electron chi connectivity index (χ2n) is 6.78. The summed E-state index contributed by atoms with van der Waals surface area (Å²) in [6.45, 7) is 5.44. The van der Waals surface area contributed by atoms with E-state index in [0.29, 0.717) is 10.4 Å². The van der Waals surface area contributed by atoms with E-state index in [2.05, 4.69) is 13.8 Å². The van der Waals surface area contributed by atoms with E-state index in [1.54, 1.807) is 0 Å². The van der Waals surface area contributed by atoms with Crippen molar-refractivity contribution in [1.29, 1.82) is 0 Å². The van der Waals surface area contributed by atoms with E-state index in [-0.39, 0.29) is 5.41 Å². The van der Waals surface area contributed by atoms with Gasteiger partial charge in [-0.1, -0.05) is 43.1 Å². The second kappa shape index (κ2) is 5.63. The standard InChI is InChI=1S/C16H23Cl2N/c1-15(2)5-7-16(11-19,8-6-15)10-12-3-4-13(17)9-14(12)18/h3-4,9H,5-8,10-11,19H2,1-2H3. The molecular formula is C16H23Cl2N. The third-order valence-electron chi connectivity index (χ3n) is 4.68. The van der Waals surface area contributed by atoms with E-state index in [1.165, 1.54) is 31.2 Å². The van der Waals surface area contributed by atoms with Gasteiger partial charge in [-0.15, -0.1) is 0 Å². The average molecular weight is 300 g/mol. The highest BCUT2D eigenvalue weighted by Gasteiger charge is 2.37. The molecule has 106 valence electrons. The lowest BCUT2D eigenvalue weighted by molar-refractivity contribution is 0.108. The second-order valence-corrected chi connectivity index (χ2v) is 7.62. The SMILES string of the molecule is CC1(C)CCC(CN)(Cc2ccc(Cl)cc2Cl)CC1. The molecule has 1 aromatic carbocycles. The van der Waals surface area contributed by atoms with Crippen LogP contribution in [0.1, 0.15) is 45.1 Å². The van der Waals surface area contributed by atoms with Crippen LogP contribution >= 0.6 is 23.2 Å². The molecule has 0 saturated heterocycles. The lowest BCUT2D eigenvalue weighted by Gasteiger charge is -2.43. The molecule has 1 aromatic rings. The number of halogens is 2. The molecule has 3 heteroatoms. The maximum Gasteiger partial charge on any atom is 0.0453 e. The third-order valence-corrected chi connectivity index (χ3v) is 5.26. The highest BCUT2D eigenvalue weighted by Crippen LogP contribution is 2.46. The van der Waals surface area contributed by atoms with E-state index in [9.17, 15) is 0 Å². The number of hydrogen-bond acceptors (Lipinski definition) is 1. The Morgan fingerprint density at radius 3 is 2.26 bits per heavy atom. The minimum Gasteiger partial charge on any atom is -0.330 e. The first-order valence-corrected chi connectivity index (χ1v) is 7.76. The summed E-state index contributed by atoms with van der Waals surface area (Å²) in [5.74, 6) is 0. The summed E-state index contributed by atoms with van der Waals surface area (Å²) in [5, 5.41) is 1.46. The summed E-state index contributed by atoms with van der Waals surface area (Å²) in [7, 11) is 0. The van der Waals surface area contributed by atoms with Gasteiger partial charge in [0.2, 0.25) is 0 Å². The highest BCUT2D eigenvalue weighted by molar-refractivity contribution is 6.35. The first kappa shape index (κ1) is 15.2. The van der Waals surface area contributed by atoms with Crippen LogP contribution in [0.25, 0.3) is 0 Å². The van der Waals surface area contributed by atoms with Crippen molar-refractivity contribution in [1.82, 2.24) is 0 Å². The molecular weight excluding hydrogens is 277 g/mol. The third kappa shape index (κ3) is 3.65. The van der Waals surface area contributed by atoms with Crippen LogP contribution < -0.4 is 5.73 Å². The fraction of sp³-hybridized carbons (Fsp3) is 0.625. The Morgan fingerprint density at radius 2 is 1.74 bits per heavy atom. The molecule has 1 nitrogen and oxygen atoms in total. The van der Waals surface area contributed by atoms with Gasteiger partial charge in [-0.25, -0.2) is 0 Å². The molecule has 0 heterocycles. The summed E-state index contributed by atoms with van der Waals surface area (Å²) in [5.41, 5.74) is 7.94. The maximum atomic E-state index is 6.30. The van der Waals surface area contributed by atoms with Gasteiger partial charge in [-0.05, 0) is 67.2 Å². The Balaban J connectivity index is 2.15. The maximum absolute atomic E-state index is 6.30. The highest BCUT2D eigenvalue weighted by atomic mass is 35.5. The normalized spacial score (nSPS) is 21.3. The molecule has 0 aromatic heterocycles. The van der Waals surface area contributed by atoms with Crippen LogP contribution in [-0.2, 0) is 6.42 Å². The molecule has 1 aliphatic rings. The fourth-order valence-corrected chi connectivity index (χ4v) is 3.45. The Labute approximate surface area is 126 Å². The number of nitrogens with two attached hydrogens (primary N) is 1. The molecule has 0 atom stereocenters. The van der Waals surface area contributed by atoms with E-state index in [0.717, 1.165) is 18.0 Å². The van der Waals surface area contributed by atoms with E-state index >= 15 is 0 Å². The quantitative estimate of drug-likeness (QED) is 0.827. The van der Waals surface area contributed by atoms with Crippen molar-refractivity contribution in [3.63, 3.8) is 0 Å². The molecule has 2 rings (SSSR count). The molecule has 19 heavy (non-hydrogen) atoms. The molecule has 0 spiro atoms. The molecule has 1 fully saturated rings. The van der Waals surface area contributed by atoms with Crippen molar-refractivity contribution in [2.45, 2.75) is 46.0 Å². The van der Waals surface area contributed by atoms with Crippen LogP contribution in [0, 0.1) is 10.8 Å². The van der Waals surface area contributed by atoms with Gasteiger partial charge >= 0.3 is 0 Å². The van der Waals surface area contributed by atoms with Crippen molar-refractivity contribution < 1.29 is 0 Å². The van der Waals surface area contributed by atoms with Gasteiger partial charge in [-0.2, -0.15) is 0 Å². The van der Waals surface area contributed by atoms with Gasteiger partial charge < -0.3 is 5.73 Å². The van der Waals surface area contributed by atoms with Crippen molar-refractivity contribution in [2.24, 2.45) is 16.6 Å². The topological polar surface area (TPSA) is 26.0 Å². The van der Waals surface area contributed by atoms with Crippen LogP contribution in [0.4, 0.5) is 0 Å². The first-order chi connectivity index (χ1) is 8.86. The fourth-order valence-electron chi connectivity index (χ4n) is 2.98. The van der Waals surface area contributed by atoms with Crippen LogP contribution in [-0.4, -0.2) is 6.54 Å². The van der Waals surface area contributed by atoms with Gasteiger partial charge in [0.05, 0.1) is 0 Å². The zero-order valence-corrected chi connectivity index (χ0v) is 13.3. The van der Waals surface area contributed by atoms with Gasteiger partial charge in [0.15, 0.2) is 0 Å². The Bertz CT molecular complexity index is 444. The molecule has 0 aliphatic heterocycles. The number of rotatable bonds is 3. The number of benzene rings is 1. The summed E-state index contributed by atoms with van der Waals surface area (Å²) >= 11 is 12.3. The summed E-state index contributed by atoms with van der Waals surface area (Å²) < 4.78 is 0. The molecule has 0 amide bonds. The molecule has 1 saturated carbocycles. The minimum absolute atomic E-state index is 0.215. The lowest BCUT2D eigenvalue weighted by atomic mass is 9.63. The van der Waals surface area contributed by atoms with Crippen LogP contribution in [0.3, 0.4) is 0 Å². The van der Waals surface area contributed by atoms with Crippen molar-refractivity contribution in [3.8, 4) is 0 Å². The predicted octanol–water partition coefficient (Wildman–Crippen LogP) is 5.08. The largest absolute Gasteiger partial charge is 0.330 e. The van der Waals surface area contributed by atoms with Gasteiger partial charge in [0, 0.05) is 10.0 Å².